The Kier molecular flexibility index (Phi) is 3.42. The Morgan fingerprint density at radius 2 is 1.67 bits per heavy atom. The molecule has 1 nitrogen and oxygen atoms in total. The van der Waals surface area contributed by atoms with Crippen molar-refractivity contribution < 1.29 is 0 Å². The molecular formula is C14H21N. The van der Waals surface area contributed by atoms with Crippen molar-refractivity contribution in [3.8, 4) is 0 Å². The van der Waals surface area contributed by atoms with Gasteiger partial charge in [0.15, 0.2) is 0 Å². The van der Waals surface area contributed by atoms with E-state index >= 15 is 0 Å². The summed E-state index contributed by atoms with van der Waals surface area (Å²) in [7, 11) is 0. The normalized spacial score (nSPS) is 28.7. The van der Waals surface area contributed by atoms with E-state index in [1.807, 2.05) is 0 Å². The summed E-state index contributed by atoms with van der Waals surface area (Å²) in [5, 5.41) is 0. The molecule has 0 bridgehead atoms. The predicted octanol–water partition coefficient (Wildman–Crippen LogP) is 3.31. The Labute approximate surface area is 92.7 Å². The lowest BCUT2D eigenvalue weighted by Gasteiger charge is -2.30. The highest BCUT2D eigenvalue weighted by Crippen LogP contribution is 2.36. The molecule has 0 aliphatic heterocycles. The second kappa shape index (κ2) is 4.80. The van der Waals surface area contributed by atoms with Crippen LogP contribution in [0.25, 0.3) is 0 Å². The lowest BCUT2D eigenvalue weighted by molar-refractivity contribution is 0.291. The summed E-state index contributed by atoms with van der Waals surface area (Å²) >= 11 is 0. The van der Waals surface area contributed by atoms with Crippen LogP contribution < -0.4 is 5.73 Å². The average molecular weight is 203 g/mol. The number of hydrogen-bond acceptors (Lipinski definition) is 1. The van der Waals surface area contributed by atoms with Gasteiger partial charge in [-0.2, -0.15) is 0 Å². The van der Waals surface area contributed by atoms with Gasteiger partial charge in [-0.1, -0.05) is 30.3 Å². The Hall–Kier alpha value is -0.820. The van der Waals surface area contributed by atoms with Crippen molar-refractivity contribution in [3.63, 3.8) is 0 Å². The first-order valence-corrected chi connectivity index (χ1v) is 6.08. The summed E-state index contributed by atoms with van der Waals surface area (Å²) in [6.07, 6.45) is 5.24. The van der Waals surface area contributed by atoms with E-state index in [9.17, 15) is 0 Å². The van der Waals surface area contributed by atoms with E-state index in [2.05, 4.69) is 37.3 Å². The molecule has 1 fully saturated rings. The molecule has 1 aliphatic carbocycles. The smallest absolute Gasteiger partial charge is 0.00387 e. The van der Waals surface area contributed by atoms with E-state index in [1.165, 1.54) is 31.2 Å². The van der Waals surface area contributed by atoms with Crippen LogP contribution in [-0.2, 0) is 0 Å². The molecular weight excluding hydrogens is 182 g/mol. The molecule has 1 aliphatic rings. The Morgan fingerprint density at radius 3 is 2.20 bits per heavy atom. The molecule has 0 unspecified atom stereocenters. The van der Waals surface area contributed by atoms with Crippen LogP contribution >= 0.6 is 0 Å². The van der Waals surface area contributed by atoms with Crippen LogP contribution in [0.2, 0.25) is 0 Å². The minimum absolute atomic E-state index is 0.377. The monoisotopic (exact) mass is 203 g/mol. The fraction of sp³-hybridized carbons (Fsp3) is 0.571. The van der Waals surface area contributed by atoms with Crippen LogP contribution in [0.15, 0.2) is 30.3 Å². The van der Waals surface area contributed by atoms with E-state index in [1.54, 1.807) is 0 Å². The third kappa shape index (κ3) is 2.60. The SMILES string of the molecule is C[C@H](N)C1CCC(c2ccccc2)CC1. The maximum Gasteiger partial charge on any atom is 0.00387 e. The van der Waals surface area contributed by atoms with E-state index in [0.29, 0.717) is 6.04 Å². The molecule has 1 aromatic carbocycles. The highest BCUT2D eigenvalue weighted by Gasteiger charge is 2.23. The van der Waals surface area contributed by atoms with Gasteiger partial charge < -0.3 is 5.73 Å². The highest BCUT2D eigenvalue weighted by molar-refractivity contribution is 5.19. The van der Waals surface area contributed by atoms with Gasteiger partial charge in [0.05, 0.1) is 0 Å². The molecule has 0 aromatic heterocycles. The summed E-state index contributed by atoms with van der Waals surface area (Å²) in [6.45, 7) is 2.15. The van der Waals surface area contributed by atoms with Crippen molar-refractivity contribution in [2.24, 2.45) is 11.7 Å². The fourth-order valence-electron chi connectivity index (χ4n) is 2.70. The van der Waals surface area contributed by atoms with Gasteiger partial charge in [-0.05, 0) is 50.0 Å². The van der Waals surface area contributed by atoms with Crippen LogP contribution in [0.4, 0.5) is 0 Å². The van der Waals surface area contributed by atoms with E-state index in [4.69, 9.17) is 5.73 Å². The summed E-state index contributed by atoms with van der Waals surface area (Å²) in [4.78, 5) is 0. The molecule has 0 amide bonds. The average Bonchev–Trinajstić information content (AvgIpc) is 2.30. The second-order valence-electron chi connectivity index (χ2n) is 4.88. The first kappa shape index (κ1) is 10.7. The zero-order valence-electron chi connectivity index (χ0n) is 9.52. The van der Waals surface area contributed by atoms with E-state index in [0.717, 1.165) is 11.8 Å². The van der Waals surface area contributed by atoms with Gasteiger partial charge in [0, 0.05) is 6.04 Å². The van der Waals surface area contributed by atoms with Crippen LogP contribution in [0.3, 0.4) is 0 Å². The van der Waals surface area contributed by atoms with Gasteiger partial charge >= 0.3 is 0 Å². The Morgan fingerprint density at radius 1 is 1.07 bits per heavy atom. The zero-order valence-corrected chi connectivity index (χ0v) is 9.52. The number of rotatable bonds is 2. The van der Waals surface area contributed by atoms with Crippen molar-refractivity contribution in [2.75, 3.05) is 0 Å². The number of hydrogen-bond donors (Lipinski definition) is 1. The highest BCUT2D eigenvalue weighted by atomic mass is 14.6. The van der Waals surface area contributed by atoms with Gasteiger partial charge in [0.25, 0.3) is 0 Å². The minimum atomic E-state index is 0.377. The van der Waals surface area contributed by atoms with E-state index in [-0.39, 0.29) is 0 Å². The first-order chi connectivity index (χ1) is 7.27. The molecule has 2 rings (SSSR count). The zero-order chi connectivity index (χ0) is 10.7. The van der Waals surface area contributed by atoms with Gasteiger partial charge in [0.2, 0.25) is 0 Å². The van der Waals surface area contributed by atoms with Crippen LogP contribution in [0.5, 0.6) is 0 Å². The Bertz CT molecular complexity index is 283. The molecule has 0 heterocycles. The van der Waals surface area contributed by atoms with Gasteiger partial charge in [-0.15, -0.1) is 0 Å². The molecule has 1 aromatic rings. The summed E-state index contributed by atoms with van der Waals surface area (Å²) < 4.78 is 0. The lowest BCUT2D eigenvalue weighted by Crippen LogP contribution is -2.29. The van der Waals surface area contributed by atoms with Crippen molar-refractivity contribution in [2.45, 2.75) is 44.6 Å². The van der Waals surface area contributed by atoms with Gasteiger partial charge in [-0.3, -0.25) is 0 Å². The molecule has 1 heteroatoms. The number of nitrogens with two attached hydrogens (primary N) is 1. The molecule has 2 N–H and O–H groups in total. The fourth-order valence-corrected chi connectivity index (χ4v) is 2.70. The topological polar surface area (TPSA) is 26.0 Å². The maximum atomic E-state index is 5.95. The van der Waals surface area contributed by atoms with Gasteiger partial charge in [0.1, 0.15) is 0 Å². The largest absolute Gasteiger partial charge is 0.328 e. The molecule has 0 spiro atoms. The lowest BCUT2D eigenvalue weighted by atomic mass is 9.76. The van der Waals surface area contributed by atoms with Crippen molar-refractivity contribution >= 4 is 0 Å². The van der Waals surface area contributed by atoms with Gasteiger partial charge in [-0.25, -0.2) is 0 Å². The van der Waals surface area contributed by atoms with Crippen LogP contribution in [0.1, 0.15) is 44.1 Å². The summed E-state index contributed by atoms with van der Waals surface area (Å²) in [6, 6.07) is 11.3. The van der Waals surface area contributed by atoms with Crippen molar-refractivity contribution in [3.05, 3.63) is 35.9 Å². The minimum Gasteiger partial charge on any atom is -0.328 e. The van der Waals surface area contributed by atoms with Crippen LogP contribution in [0, 0.1) is 5.92 Å². The quantitative estimate of drug-likeness (QED) is 0.784. The molecule has 82 valence electrons. The standard InChI is InChI=1S/C14H21N/c1-11(15)12-7-9-14(10-8-12)13-5-3-2-4-6-13/h2-6,11-12,14H,7-10,15H2,1H3/t11-,12?,14?/m0/s1. The van der Waals surface area contributed by atoms with E-state index < -0.39 is 0 Å². The molecule has 1 atom stereocenters. The third-order valence-corrected chi connectivity index (χ3v) is 3.79. The summed E-state index contributed by atoms with van der Waals surface area (Å²) in [5.41, 5.74) is 7.47. The van der Waals surface area contributed by atoms with Crippen molar-refractivity contribution in [1.82, 2.24) is 0 Å². The molecule has 15 heavy (non-hydrogen) atoms. The second-order valence-corrected chi connectivity index (χ2v) is 4.88. The Balaban J connectivity index is 1.94. The maximum absolute atomic E-state index is 5.95. The summed E-state index contributed by atoms with van der Waals surface area (Å²) in [5.74, 6) is 1.53. The molecule has 1 saturated carbocycles. The predicted molar refractivity (Wildman–Crippen MR) is 64.8 cm³/mol. The molecule has 0 saturated heterocycles. The molecule has 0 radical (unpaired) electrons. The third-order valence-electron chi connectivity index (χ3n) is 3.79. The first-order valence-electron chi connectivity index (χ1n) is 6.08. The van der Waals surface area contributed by atoms with Crippen molar-refractivity contribution in [1.29, 1.82) is 0 Å². The number of benzene rings is 1. The van der Waals surface area contributed by atoms with Crippen LogP contribution in [-0.4, -0.2) is 6.04 Å².